The van der Waals surface area contributed by atoms with Crippen molar-refractivity contribution in [1.82, 2.24) is 9.78 Å². The number of carboxylic acids is 1. The normalized spacial score (nSPS) is 12.2. The molecule has 0 bridgehead atoms. The first-order valence-corrected chi connectivity index (χ1v) is 8.24. The third kappa shape index (κ3) is 4.92. The second-order valence-electron chi connectivity index (χ2n) is 6.34. The average molecular weight is 449 g/mol. The fourth-order valence-electron chi connectivity index (χ4n) is 2.81. The van der Waals surface area contributed by atoms with E-state index in [1.54, 1.807) is 0 Å². The smallest absolute Gasteiger partial charge is 0.416 e. The Bertz CT molecular complexity index is 1180. The van der Waals surface area contributed by atoms with Crippen LogP contribution in [0.5, 0.6) is 0 Å². The Hall–Kier alpha value is -3.64. The molecular weight excluding hydrogens is 439 g/mol. The number of hydrogen-bond acceptors (Lipinski definition) is 3. The van der Waals surface area contributed by atoms with Crippen LogP contribution in [0, 0.1) is 5.82 Å². The first-order chi connectivity index (χ1) is 14.2. The molecule has 0 fully saturated rings. The van der Waals surface area contributed by atoms with Gasteiger partial charge in [-0.15, -0.1) is 0 Å². The Morgan fingerprint density at radius 1 is 1.03 bits per heavy atom. The maximum Gasteiger partial charge on any atom is 0.416 e. The highest BCUT2D eigenvalue weighted by Crippen LogP contribution is 2.31. The van der Waals surface area contributed by atoms with Crippen LogP contribution in [-0.2, 0) is 12.7 Å². The van der Waals surface area contributed by atoms with Crippen LogP contribution in [0.3, 0.4) is 0 Å². The Labute approximate surface area is 167 Å². The Morgan fingerprint density at radius 2 is 1.71 bits per heavy atom. The minimum atomic E-state index is -4.90. The van der Waals surface area contributed by atoms with Gasteiger partial charge in [0, 0.05) is 16.6 Å². The van der Waals surface area contributed by atoms with E-state index >= 15 is 0 Å². The second-order valence-corrected chi connectivity index (χ2v) is 6.34. The zero-order valence-corrected chi connectivity index (χ0v) is 15.0. The van der Waals surface area contributed by atoms with Crippen LogP contribution in [0.15, 0.2) is 36.4 Å². The lowest BCUT2D eigenvalue weighted by molar-refractivity contribution is -0.142. The summed E-state index contributed by atoms with van der Waals surface area (Å²) in [6.45, 7) is -1.67. The van der Waals surface area contributed by atoms with Crippen LogP contribution in [0.2, 0.25) is 0 Å². The molecule has 2 N–H and O–H groups in total. The van der Waals surface area contributed by atoms with Crippen LogP contribution in [0.4, 0.5) is 36.4 Å². The summed E-state index contributed by atoms with van der Waals surface area (Å²) >= 11 is 0. The molecule has 31 heavy (non-hydrogen) atoms. The number of nitrogens with zero attached hydrogens (tertiary/aromatic N) is 2. The van der Waals surface area contributed by atoms with Gasteiger partial charge in [0.2, 0.25) is 0 Å². The van der Waals surface area contributed by atoms with Gasteiger partial charge in [-0.2, -0.15) is 31.4 Å². The summed E-state index contributed by atoms with van der Waals surface area (Å²) in [7, 11) is 0. The van der Waals surface area contributed by atoms with E-state index in [9.17, 15) is 45.4 Å². The highest BCUT2D eigenvalue weighted by Gasteiger charge is 2.33. The zero-order valence-electron chi connectivity index (χ0n) is 15.0. The quantitative estimate of drug-likeness (QED) is 0.566. The molecule has 3 aromatic rings. The van der Waals surface area contributed by atoms with E-state index in [-0.39, 0.29) is 27.3 Å². The van der Waals surface area contributed by atoms with Gasteiger partial charge in [0.15, 0.2) is 5.69 Å². The number of anilines is 1. The maximum absolute atomic E-state index is 13.5. The van der Waals surface area contributed by atoms with Crippen molar-refractivity contribution in [3.63, 3.8) is 0 Å². The number of carboxylic acid groups (broad SMARTS) is 1. The van der Waals surface area contributed by atoms with Crippen molar-refractivity contribution in [2.45, 2.75) is 18.9 Å². The summed E-state index contributed by atoms with van der Waals surface area (Å²) in [6.07, 6.45) is -9.66. The van der Waals surface area contributed by atoms with Crippen molar-refractivity contribution >= 4 is 28.5 Å². The summed E-state index contributed by atoms with van der Waals surface area (Å²) in [5.74, 6) is -4.17. The van der Waals surface area contributed by atoms with E-state index < -0.39 is 53.4 Å². The highest BCUT2D eigenvalue weighted by atomic mass is 19.4. The van der Waals surface area contributed by atoms with Gasteiger partial charge in [-0.25, -0.2) is 13.9 Å². The number of halogens is 7. The number of benzene rings is 2. The standard InChI is InChI=1S/C18H10F7N3O3/c19-10-4-8(3-9(5-10)18(23,24)25)15(29)26-11-1-2-13-12(6-11)14(16(30)31)28(27-13)7-17(20,21)22/h1-6H,7H2,(H,26,29)(H,30,31). The van der Waals surface area contributed by atoms with E-state index in [0.29, 0.717) is 12.1 Å². The Kier molecular flexibility index (Phi) is 5.38. The molecule has 2 aromatic carbocycles. The first kappa shape index (κ1) is 22.1. The van der Waals surface area contributed by atoms with Crippen LogP contribution in [0.25, 0.3) is 10.9 Å². The number of amides is 1. The molecule has 0 aliphatic carbocycles. The molecule has 0 aliphatic rings. The van der Waals surface area contributed by atoms with E-state index in [0.717, 1.165) is 18.2 Å². The lowest BCUT2D eigenvalue weighted by atomic mass is 10.1. The minimum Gasteiger partial charge on any atom is -0.477 e. The van der Waals surface area contributed by atoms with Crippen molar-refractivity contribution in [2.24, 2.45) is 0 Å². The number of fused-ring (bicyclic) bond motifs is 1. The van der Waals surface area contributed by atoms with Crippen molar-refractivity contribution in [3.05, 3.63) is 59.0 Å². The van der Waals surface area contributed by atoms with Crippen LogP contribution in [-0.4, -0.2) is 32.9 Å². The van der Waals surface area contributed by atoms with Gasteiger partial charge in [0.05, 0.1) is 11.1 Å². The van der Waals surface area contributed by atoms with Gasteiger partial charge in [-0.1, -0.05) is 0 Å². The molecule has 0 saturated carbocycles. The number of rotatable bonds is 4. The molecular formula is C18H10F7N3O3. The van der Waals surface area contributed by atoms with Gasteiger partial charge < -0.3 is 10.4 Å². The summed E-state index contributed by atoms with van der Waals surface area (Å²) < 4.78 is 90.2. The number of alkyl halides is 6. The number of aromatic nitrogens is 2. The summed E-state index contributed by atoms with van der Waals surface area (Å²) in [5, 5.41) is 14.8. The van der Waals surface area contributed by atoms with E-state index in [2.05, 4.69) is 10.4 Å². The molecule has 1 heterocycles. The number of carbonyl (C=O) groups excluding carboxylic acids is 1. The lowest BCUT2D eigenvalue weighted by Gasteiger charge is -2.10. The average Bonchev–Trinajstić information content (AvgIpc) is 2.95. The van der Waals surface area contributed by atoms with Gasteiger partial charge in [-0.3, -0.25) is 4.79 Å². The number of nitrogens with one attached hydrogen (secondary N) is 1. The SMILES string of the molecule is O=C(Nc1ccc2nn(CC(F)(F)F)c(C(=O)O)c2c1)c1cc(F)cc(C(F)(F)F)c1. The number of carbonyl (C=O) groups is 2. The van der Waals surface area contributed by atoms with E-state index in [1.165, 1.54) is 0 Å². The molecule has 0 unspecified atom stereocenters. The van der Waals surface area contributed by atoms with E-state index in [4.69, 9.17) is 0 Å². The predicted octanol–water partition coefficient (Wildman–Crippen LogP) is 4.71. The van der Waals surface area contributed by atoms with Crippen LogP contribution in [0.1, 0.15) is 26.4 Å². The molecule has 1 aromatic heterocycles. The van der Waals surface area contributed by atoms with Crippen LogP contribution >= 0.6 is 0 Å². The summed E-state index contributed by atoms with van der Waals surface area (Å²) in [6, 6.07) is 4.46. The topological polar surface area (TPSA) is 84.2 Å². The van der Waals surface area contributed by atoms with Gasteiger partial charge in [0.25, 0.3) is 5.91 Å². The van der Waals surface area contributed by atoms with Crippen molar-refractivity contribution in [1.29, 1.82) is 0 Å². The molecule has 6 nitrogen and oxygen atoms in total. The van der Waals surface area contributed by atoms with E-state index in [1.807, 2.05) is 0 Å². The third-order valence-corrected chi connectivity index (χ3v) is 4.02. The molecule has 13 heteroatoms. The lowest BCUT2D eigenvalue weighted by Crippen LogP contribution is -2.22. The molecule has 164 valence electrons. The van der Waals surface area contributed by atoms with Crippen molar-refractivity contribution in [3.8, 4) is 0 Å². The zero-order chi connectivity index (χ0) is 23.1. The monoisotopic (exact) mass is 449 g/mol. The minimum absolute atomic E-state index is 0.121. The number of aromatic carboxylic acids is 1. The van der Waals surface area contributed by atoms with Crippen molar-refractivity contribution < 1.29 is 45.4 Å². The van der Waals surface area contributed by atoms with Crippen molar-refractivity contribution in [2.75, 3.05) is 5.32 Å². The maximum atomic E-state index is 13.5. The first-order valence-electron chi connectivity index (χ1n) is 8.24. The van der Waals surface area contributed by atoms with Gasteiger partial charge >= 0.3 is 18.3 Å². The Morgan fingerprint density at radius 3 is 2.29 bits per heavy atom. The summed E-state index contributed by atoms with van der Waals surface area (Å²) in [4.78, 5) is 23.7. The molecule has 1 amide bonds. The molecule has 0 aliphatic heterocycles. The third-order valence-electron chi connectivity index (χ3n) is 4.02. The molecule has 0 saturated heterocycles. The van der Waals surface area contributed by atoms with Crippen LogP contribution < -0.4 is 5.32 Å². The largest absolute Gasteiger partial charge is 0.477 e. The molecule has 0 spiro atoms. The fraction of sp³-hybridized carbons (Fsp3) is 0.167. The molecule has 0 radical (unpaired) electrons. The predicted molar refractivity (Wildman–Crippen MR) is 92.1 cm³/mol. The molecule has 3 rings (SSSR count). The fourth-order valence-corrected chi connectivity index (χ4v) is 2.81. The van der Waals surface area contributed by atoms with Gasteiger partial charge in [-0.05, 0) is 36.4 Å². The highest BCUT2D eigenvalue weighted by molar-refractivity contribution is 6.07. The molecule has 0 atom stereocenters. The second kappa shape index (κ2) is 7.56. The Balaban J connectivity index is 1.97. The van der Waals surface area contributed by atoms with Gasteiger partial charge in [0.1, 0.15) is 12.4 Å². The summed E-state index contributed by atoms with van der Waals surface area (Å²) in [5.41, 5.74) is -3.13. The number of hydrogen-bond donors (Lipinski definition) is 2.